The highest BCUT2D eigenvalue weighted by Crippen LogP contribution is 2.63. The Morgan fingerprint density at radius 2 is 1.40 bits per heavy atom. The van der Waals surface area contributed by atoms with E-state index < -0.39 is 143 Å². The standard InChI is InChI=1S/C62H90N13O14P/c1-29-20-39-40(21-30(29)2)75(28-70-39)57-52(84)53(41(27-76)87-57)89-90(85,86)88-31(3)26-69-49(83)18-19-59(8)37(22-46(66)80)56-62(11)61(10,25-48(68)82)36(14-17-45(65)79)51(74-62)33(5)55-60(9,24-47(67)81)34(12-15-43(63)77)38(71-55)23-42-58(6,7)35(13-16-44(64)78)50(72-42)32(4)54(59)73-56/h20-21,23,28,31,34-37,41,52-53,56-57,71,76,84H,12-19,22,24-27H2,1-11H3,(H2,63,77)(H2,64,78)(H2,65,79)(H2,66,80)(H2,67,81)(H2,68,82)(H,69,83)(H,85,86)/b38-23?,50-32?,55-33-/t31-,34-,35-,36-,37+,41?,52?,53?,56-,57?,59-,60+,61+,62+/m1/s1. The van der Waals surface area contributed by atoms with Gasteiger partial charge in [-0.1, -0.05) is 34.6 Å². The lowest BCUT2D eigenvalue weighted by molar-refractivity contribution is -0.124. The molecule has 0 saturated carbocycles. The SMILES string of the molecule is CC1=C2N=C(C=C3N/C(=C(/C)C4=N[C@@](C)([C@@H]5N=C1[C@](C)(CCC(=O)NC[C@@H](C)OP(=O)(O)OC1C(CO)OC(n6cnc7cc(C)c(C)cc76)C1O)[C@H]5CC(N)=O)[C@@](C)(CC(N)=O)[C@@H]4CCC(N)=O)[C@@](C)(CC(N)=O)[C@@H]3CCC(N)=O)C(C)(C)[C@@H]2CCC(N)=O. The third kappa shape index (κ3) is 13.0. The molecule has 0 aliphatic carbocycles. The fourth-order valence-electron chi connectivity index (χ4n) is 15.4. The van der Waals surface area contributed by atoms with Crippen LogP contribution in [0.1, 0.15) is 150 Å². The summed E-state index contributed by atoms with van der Waals surface area (Å²) in [5.74, 6) is -7.18. The smallest absolute Gasteiger partial charge is 0.394 e. The van der Waals surface area contributed by atoms with Crippen molar-refractivity contribution in [3.05, 3.63) is 63.9 Å². The van der Waals surface area contributed by atoms with Gasteiger partial charge < -0.3 is 69.4 Å². The number of aryl methyl sites for hydroxylation is 2. The van der Waals surface area contributed by atoms with Gasteiger partial charge in [0.1, 0.15) is 18.3 Å². The minimum Gasteiger partial charge on any atom is -0.394 e. The number of aliphatic hydroxyl groups excluding tert-OH is 2. The zero-order chi connectivity index (χ0) is 66.7. The number of nitrogens with one attached hydrogen (secondary N) is 2. The third-order valence-electron chi connectivity index (χ3n) is 20.6. The molecular formula is C62H90N13O14P. The molecule has 0 spiro atoms. The summed E-state index contributed by atoms with van der Waals surface area (Å²) in [6.45, 7) is 19.3. The van der Waals surface area contributed by atoms with Crippen molar-refractivity contribution in [3.8, 4) is 0 Å². The van der Waals surface area contributed by atoms with Crippen molar-refractivity contribution in [1.29, 1.82) is 0 Å². The molecule has 2 fully saturated rings. The summed E-state index contributed by atoms with van der Waals surface area (Å²) in [4.78, 5) is 126. The maximum absolute atomic E-state index is 14.4. The highest BCUT2D eigenvalue weighted by Gasteiger charge is 2.66. The van der Waals surface area contributed by atoms with Gasteiger partial charge in [-0.15, -0.1) is 0 Å². The number of benzene rings is 1. The van der Waals surface area contributed by atoms with E-state index in [1.807, 2.05) is 87.4 Å². The Bertz CT molecular complexity index is 3540. The van der Waals surface area contributed by atoms with Crippen molar-refractivity contribution in [1.82, 2.24) is 20.2 Å². The van der Waals surface area contributed by atoms with Crippen LogP contribution >= 0.6 is 7.82 Å². The molecule has 17 N–H and O–H groups in total. The van der Waals surface area contributed by atoms with E-state index in [-0.39, 0.29) is 77.2 Å². The summed E-state index contributed by atoms with van der Waals surface area (Å²) in [5, 5.41) is 28.2. The molecule has 6 aliphatic rings. The first-order valence-electron chi connectivity index (χ1n) is 30.6. The lowest BCUT2D eigenvalue weighted by atomic mass is 9.55. The topological polar surface area (TPSA) is 460 Å². The second kappa shape index (κ2) is 25.6. The third-order valence-corrected chi connectivity index (χ3v) is 21.7. The van der Waals surface area contributed by atoms with Crippen molar-refractivity contribution in [2.75, 3.05) is 13.2 Å². The number of rotatable bonds is 26. The lowest BCUT2D eigenvalue weighted by Gasteiger charge is -2.48. The van der Waals surface area contributed by atoms with E-state index in [0.717, 1.165) is 11.1 Å². The van der Waals surface area contributed by atoms with Gasteiger partial charge in [0.15, 0.2) is 6.23 Å². The number of carbonyl (C=O) groups excluding carboxylic acids is 7. The van der Waals surface area contributed by atoms with E-state index in [2.05, 4.69) is 15.6 Å². The zero-order valence-corrected chi connectivity index (χ0v) is 54.1. The molecule has 6 aliphatic heterocycles. The predicted octanol–water partition coefficient (Wildman–Crippen LogP) is 3.16. The number of primary amides is 6. The second-order valence-electron chi connectivity index (χ2n) is 27.1. The number of carbonyl (C=O) groups is 7. The number of amides is 7. The van der Waals surface area contributed by atoms with E-state index in [0.29, 0.717) is 56.4 Å². The summed E-state index contributed by atoms with van der Waals surface area (Å²) in [5.41, 5.74) is 37.4. The van der Waals surface area contributed by atoms with Crippen LogP contribution in [-0.4, -0.2) is 132 Å². The van der Waals surface area contributed by atoms with Gasteiger partial charge in [-0.3, -0.25) is 57.6 Å². The summed E-state index contributed by atoms with van der Waals surface area (Å²) in [7, 11) is -5.07. The molecule has 8 rings (SSSR count). The van der Waals surface area contributed by atoms with Crippen molar-refractivity contribution in [3.63, 3.8) is 0 Å². The Morgan fingerprint density at radius 1 is 0.800 bits per heavy atom. The number of allylic oxidation sites excluding steroid dienone is 6. The first-order chi connectivity index (χ1) is 41.8. The van der Waals surface area contributed by atoms with Crippen molar-refractivity contribution < 1.29 is 67.0 Å². The van der Waals surface area contributed by atoms with Crippen LogP contribution in [-0.2, 0) is 51.9 Å². The Kier molecular flexibility index (Phi) is 19.6. The number of aromatic nitrogens is 2. The minimum absolute atomic E-state index is 0.0114. The molecule has 1 aromatic heterocycles. The summed E-state index contributed by atoms with van der Waals surface area (Å²) < 4.78 is 32.3. The van der Waals surface area contributed by atoms with Gasteiger partial charge in [-0.25, -0.2) is 9.55 Å². The van der Waals surface area contributed by atoms with Crippen LogP contribution < -0.4 is 45.0 Å². The quantitative estimate of drug-likeness (QED) is 0.0603. The van der Waals surface area contributed by atoms with Crippen LogP contribution in [0, 0.1) is 59.2 Å². The normalized spacial score (nSPS) is 32.8. The molecule has 2 aromatic rings. The monoisotopic (exact) mass is 1270 g/mol. The Morgan fingerprint density at radius 3 is 1.99 bits per heavy atom. The van der Waals surface area contributed by atoms with Gasteiger partial charge in [-0.05, 0) is 108 Å². The number of hydrogen-bond donors (Lipinski definition) is 11. The van der Waals surface area contributed by atoms with E-state index in [9.17, 15) is 53.2 Å². The van der Waals surface area contributed by atoms with Crippen LogP contribution in [0.2, 0.25) is 0 Å². The van der Waals surface area contributed by atoms with Gasteiger partial charge in [0, 0.05) is 131 Å². The number of ether oxygens (including phenoxy) is 1. The Labute approximate surface area is 523 Å². The van der Waals surface area contributed by atoms with Gasteiger partial charge in [-0.2, -0.15) is 0 Å². The molecule has 90 heavy (non-hydrogen) atoms. The van der Waals surface area contributed by atoms with Gasteiger partial charge in [0.2, 0.25) is 41.4 Å². The molecule has 15 atom stereocenters. The van der Waals surface area contributed by atoms with Crippen molar-refractivity contribution in [2.45, 2.75) is 189 Å². The van der Waals surface area contributed by atoms with E-state index in [4.69, 9.17) is 63.2 Å². The average Bonchev–Trinajstić information content (AvgIpc) is 1.53. The fraction of sp³-hybridized carbons (Fsp3) is 0.629. The molecule has 27 nitrogen and oxygen atoms in total. The maximum Gasteiger partial charge on any atom is 0.472 e. The zero-order valence-electron chi connectivity index (χ0n) is 53.3. The number of nitrogens with zero attached hydrogens (tertiary/aromatic N) is 5. The molecule has 492 valence electrons. The first kappa shape index (κ1) is 68.9. The van der Waals surface area contributed by atoms with Crippen LogP contribution in [0.4, 0.5) is 0 Å². The number of phosphoric ester groups is 1. The number of imidazole rings is 1. The summed E-state index contributed by atoms with van der Waals surface area (Å²) in [6.07, 6.45) is -4.26. The number of nitrogens with two attached hydrogens (primary N) is 6. The van der Waals surface area contributed by atoms with Crippen LogP contribution in [0.15, 0.2) is 67.8 Å². The lowest BCUT2D eigenvalue weighted by Crippen LogP contribution is -2.56. The van der Waals surface area contributed by atoms with E-state index >= 15 is 0 Å². The Balaban J connectivity index is 1.19. The van der Waals surface area contributed by atoms with E-state index in [1.54, 1.807) is 4.57 Å². The number of aliphatic hydroxyl groups is 2. The van der Waals surface area contributed by atoms with Crippen molar-refractivity contribution in [2.24, 2.45) is 94.7 Å². The second-order valence-corrected chi connectivity index (χ2v) is 28.4. The molecule has 7 amide bonds. The van der Waals surface area contributed by atoms with Crippen LogP contribution in [0.5, 0.6) is 0 Å². The molecule has 0 radical (unpaired) electrons. The van der Waals surface area contributed by atoms with Crippen LogP contribution in [0.3, 0.4) is 0 Å². The van der Waals surface area contributed by atoms with Gasteiger partial charge in [0.25, 0.3) is 0 Å². The summed E-state index contributed by atoms with van der Waals surface area (Å²) >= 11 is 0. The fourth-order valence-corrected chi connectivity index (χ4v) is 16.6. The largest absolute Gasteiger partial charge is 0.472 e. The summed E-state index contributed by atoms with van der Waals surface area (Å²) in [6, 6.07) is 2.70. The highest BCUT2D eigenvalue weighted by molar-refractivity contribution is 7.47. The highest BCUT2D eigenvalue weighted by atomic mass is 31.2. The van der Waals surface area contributed by atoms with Crippen LogP contribution in [0.25, 0.3) is 11.0 Å². The molecule has 28 heteroatoms. The maximum atomic E-state index is 14.4. The van der Waals surface area contributed by atoms with E-state index in [1.165, 1.54) is 13.3 Å². The van der Waals surface area contributed by atoms with Crippen molar-refractivity contribution >= 4 is 77.3 Å². The molecule has 1 aromatic carbocycles. The Hall–Kier alpha value is -7.00. The number of fused-ring (bicyclic) bond motifs is 7. The molecular weight excluding hydrogens is 1180 g/mol. The number of aliphatic imine (C=N–C) groups is 3. The number of hydrogen-bond acceptors (Lipinski definition) is 18. The van der Waals surface area contributed by atoms with Gasteiger partial charge in [0.05, 0.1) is 41.7 Å². The molecule has 2 saturated heterocycles. The molecule has 5 unspecified atom stereocenters. The molecule has 7 heterocycles. The minimum atomic E-state index is -5.07. The van der Waals surface area contributed by atoms with Gasteiger partial charge >= 0.3 is 7.82 Å². The number of phosphoric acid groups is 1. The predicted molar refractivity (Wildman–Crippen MR) is 334 cm³/mol. The first-order valence-corrected chi connectivity index (χ1v) is 32.1. The average molecular weight is 1270 g/mol. The molecule has 8 bridgehead atoms.